The zero-order valence-corrected chi connectivity index (χ0v) is 6.82. The number of nitrogens with one attached hydrogen (secondary N) is 1. The van der Waals surface area contributed by atoms with Crippen LogP contribution >= 0.6 is 0 Å². The number of carbonyl (C=O) groups is 1. The number of carbonyl (C=O) groups excluding carboxylic acids is 1. The Balaban J connectivity index is 2.32. The number of H-pyrrole nitrogens is 1. The first-order valence-corrected chi connectivity index (χ1v) is 3.64. The molecule has 0 unspecified atom stereocenters. The Bertz CT molecular complexity index is 243. The van der Waals surface area contributed by atoms with Crippen LogP contribution in [0.25, 0.3) is 0 Å². The van der Waals surface area contributed by atoms with Crippen LogP contribution in [-0.2, 0) is 11.2 Å². The van der Waals surface area contributed by atoms with Gasteiger partial charge in [-0.25, -0.2) is 5.06 Å². The molecule has 12 heavy (non-hydrogen) atoms. The molecule has 0 spiro atoms. The molecule has 0 saturated carbocycles. The van der Waals surface area contributed by atoms with Gasteiger partial charge in [-0.15, -0.1) is 0 Å². The molecule has 5 heteroatoms. The highest BCUT2D eigenvalue weighted by Crippen LogP contribution is 1.98. The Kier molecular flexibility index (Phi) is 2.82. The topological polar surface area (TPSA) is 69.2 Å². The number of hydrogen-bond acceptors (Lipinski definition) is 3. The van der Waals surface area contributed by atoms with Crippen molar-refractivity contribution < 1.29 is 10.0 Å². The second-order valence-corrected chi connectivity index (χ2v) is 2.50. The van der Waals surface area contributed by atoms with Crippen molar-refractivity contribution in [1.82, 2.24) is 15.3 Å². The van der Waals surface area contributed by atoms with E-state index in [9.17, 15) is 4.79 Å². The first kappa shape index (κ1) is 8.73. The second kappa shape index (κ2) is 3.87. The third kappa shape index (κ3) is 2.35. The summed E-state index contributed by atoms with van der Waals surface area (Å²) < 4.78 is 0. The summed E-state index contributed by atoms with van der Waals surface area (Å²) in [6, 6.07) is 1.80. The van der Waals surface area contributed by atoms with Gasteiger partial charge in [-0.1, -0.05) is 0 Å². The summed E-state index contributed by atoms with van der Waals surface area (Å²) in [5.41, 5.74) is 0.894. The lowest BCUT2D eigenvalue weighted by molar-refractivity contribution is -0.159. The Morgan fingerprint density at radius 1 is 1.83 bits per heavy atom. The van der Waals surface area contributed by atoms with Gasteiger partial charge in [-0.05, 0) is 12.5 Å². The van der Waals surface area contributed by atoms with Crippen LogP contribution in [0, 0.1) is 0 Å². The lowest BCUT2D eigenvalue weighted by Crippen LogP contribution is -2.22. The van der Waals surface area contributed by atoms with Crippen LogP contribution < -0.4 is 0 Å². The van der Waals surface area contributed by atoms with Crippen LogP contribution in [-0.4, -0.2) is 33.4 Å². The summed E-state index contributed by atoms with van der Waals surface area (Å²) >= 11 is 0. The summed E-state index contributed by atoms with van der Waals surface area (Å²) in [6.45, 7) is 0. The molecule has 0 aliphatic heterocycles. The maximum atomic E-state index is 10.9. The van der Waals surface area contributed by atoms with E-state index in [1.807, 2.05) is 0 Å². The van der Waals surface area contributed by atoms with Crippen molar-refractivity contribution in [1.29, 1.82) is 0 Å². The van der Waals surface area contributed by atoms with E-state index in [1.54, 1.807) is 12.3 Å². The normalized spacial score (nSPS) is 9.83. The lowest BCUT2D eigenvalue weighted by atomic mass is 10.2. The molecule has 0 aliphatic carbocycles. The molecule has 1 heterocycles. The van der Waals surface area contributed by atoms with E-state index in [1.165, 1.54) is 7.05 Å². The number of aryl methyl sites for hydroxylation is 1. The van der Waals surface area contributed by atoms with Gasteiger partial charge >= 0.3 is 0 Å². The Labute approximate surface area is 70.0 Å². The molecule has 0 radical (unpaired) electrons. The number of aromatic amines is 1. The van der Waals surface area contributed by atoms with Crippen LogP contribution in [0.2, 0.25) is 0 Å². The molecule has 1 aromatic rings. The van der Waals surface area contributed by atoms with Crippen LogP contribution in [0.3, 0.4) is 0 Å². The SMILES string of the molecule is CN(O)C(=O)CCc1ccn[nH]1. The van der Waals surface area contributed by atoms with E-state index in [-0.39, 0.29) is 12.3 Å². The highest BCUT2D eigenvalue weighted by atomic mass is 16.5. The number of nitrogens with zero attached hydrogens (tertiary/aromatic N) is 2. The summed E-state index contributed by atoms with van der Waals surface area (Å²) in [5.74, 6) is -0.301. The van der Waals surface area contributed by atoms with Crippen LogP contribution in [0.1, 0.15) is 12.1 Å². The Morgan fingerprint density at radius 2 is 2.58 bits per heavy atom. The van der Waals surface area contributed by atoms with Crippen molar-refractivity contribution in [2.24, 2.45) is 0 Å². The van der Waals surface area contributed by atoms with Gasteiger partial charge in [0.15, 0.2) is 0 Å². The predicted octanol–water partition coefficient (Wildman–Crippen LogP) is 0.190. The molecule has 2 N–H and O–H groups in total. The number of hydrogen-bond donors (Lipinski definition) is 2. The molecule has 0 fully saturated rings. The van der Waals surface area contributed by atoms with E-state index < -0.39 is 0 Å². The first-order chi connectivity index (χ1) is 5.70. The molecular formula is C7H11N3O2. The highest BCUT2D eigenvalue weighted by molar-refractivity contribution is 5.74. The minimum Gasteiger partial charge on any atom is -0.286 e. The number of rotatable bonds is 3. The van der Waals surface area contributed by atoms with Crippen molar-refractivity contribution in [3.05, 3.63) is 18.0 Å². The summed E-state index contributed by atoms with van der Waals surface area (Å²) in [4.78, 5) is 10.9. The molecule has 0 aliphatic rings. The van der Waals surface area contributed by atoms with Gasteiger partial charge in [0.25, 0.3) is 0 Å². The van der Waals surface area contributed by atoms with E-state index in [2.05, 4.69) is 10.2 Å². The molecule has 0 atom stereocenters. The quantitative estimate of drug-likeness (QED) is 0.501. The van der Waals surface area contributed by atoms with Crippen molar-refractivity contribution in [2.45, 2.75) is 12.8 Å². The van der Waals surface area contributed by atoms with Gasteiger partial charge in [0.05, 0.1) is 0 Å². The molecule has 1 aromatic heterocycles. The van der Waals surface area contributed by atoms with Gasteiger partial charge in [-0.2, -0.15) is 5.10 Å². The Hall–Kier alpha value is -1.36. The fourth-order valence-electron chi connectivity index (χ4n) is 0.827. The molecule has 0 saturated heterocycles. The van der Waals surface area contributed by atoms with E-state index in [0.29, 0.717) is 11.5 Å². The zero-order valence-electron chi connectivity index (χ0n) is 6.82. The predicted molar refractivity (Wildman–Crippen MR) is 41.5 cm³/mol. The molecule has 0 bridgehead atoms. The average molecular weight is 169 g/mol. The number of amides is 1. The summed E-state index contributed by atoms with van der Waals surface area (Å²) in [7, 11) is 1.31. The van der Waals surface area contributed by atoms with Crippen LogP contribution in [0.4, 0.5) is 0 Å². The first-order valence-electron chi connectivity index (χ1n) is 3.64. The third-order valence-electron chi connectivity index (χ3n) is 1.53. The van der Waals surface area contributed by atoms with Gasteiger partial charge in [0.2, 0.25) is 5.91 Å². The van der Waals surface area contributed by atoms with Crippen molar-refractivity contribution in [2.75, 3.05) is 7.05 Å². The molecule has 1 amide bonds. The molecular weight excluding hydrogens is 158 g/mol. The largest absolute Gasteiger partial charge is 0.286 e. The van der Waals surface area contributed by atoms with Gasteiger partial charge in [0.1, 0.15) is 0 Å². The zero-order chi connectivity index (χ0) is 8.97. The molecule has 1 rings (SSSR count). The van der Waals surface area contributed by atoms with Gasteiger partial charge in [0, 0.05) is 25.4 Å². The maximum absolute atomic E-state index is 10.9. The van der Waals surface area contributed by atoms with Gasteiger partial charge < -0.3 is 0 Å². The summed E-state index contributed by atoms with van der Waals surface area (Å²) in [6.07, 6.45) is 2.49. The second-order valence-electron chi connectivity index (χ2n) is 2.50. The van der Waals surface area contributed by atoms with Crippen molar-refractivity contribution >= 4 is 5.91 Å². The number of aromatic nitrogens is 2. The Morgan fingerprint density at radius 3 is 3.08 bits per heavy atom. The smallest absolute Gasteiger partial charge is 0.246 e. The van der Waals surface area contributed by atoms with Crippen molar-refractivity contribution in [3.63, 3.8) is 0 Å². The monoisotopic (exact) mass is 169 g/mol. The summed E-state index contributed by atoms with van der Waals surface area (Å²) in [5, 5.41) is 15.8. The van der Waals surface area contributed by atoms with E-state index in [4.69, 9.17) is 5.21 Å². The van der Waals surface area contributed by atoms with Crippen molar-refractivity contribution in [3.8, 4) is 0 Å². The molecule has 66 valence electrons. The maximum Gasteiger partial charge on any atom is 0.246 e. The number of hydroxylamine groups is 2. The molecule has 0 aromatic carbocycles. The highest BCUT2D eigenvalue weighted by Gasteiger charge is 2.05. The van der Waals surface area contributed by atoms with Gasteiger partial charge in [-0.3, -0.25) is 15.1 Å². The minimum atomic E-state index is -0.301. The minimum absolute atomic E-state index is 0.287. The fraction of sp³-hybridized carbons (Fsp3) is 0.429. The van der Waals surface area contributed by atoms with Crippen LogP contribution in [0.15, 0.2) is 12.3 Å². The van der Waals surface area contributed by atoms with E-state index in [0.717, 1.165) is 5.69 Å². The van der Waals surface area contributed by atoms with Crippen LogP contribution in [0.5, 0.6) is 0 Å². The average Bonchev–Trinajstić information content (AvgIpc) is 2.51. The molecule has 5 nitrogen and oxygen atoms in total. The standard InChI is InChI=1S/C7H11N3O2/c1-10(12)7(11)3-2-6-4-5-8-9-6/h4-5,12H,2-3H2,1H3,(H,8,9). The van der Waals surface area contributed by atoms with E-state index >= 15 is 0 Å². The lowest BCUT2D eigenvalue weighted by Gasteiger charge is -2.06. The fourth-order valence-corrected chi connectivity index (χ4v) is 0.827. The third-order valence-corrected chi connectivity index (χ3v) is 1.53.